The molecule has 18 heavy (non-hydrogen) atoms. The van der Waals surface area contributed by atoms with E-state index >= 15 is 0 Å². The largest absolute Gasteiger partial charge is 0.315 e. The smallest absolute Gasteiger partial charge is 0.159 e. The minimum absolute atomic E-state index is 0.461. The lowest BCUT2D eigenvalue weighted by Gasteiger charge is -2.34. The molecule has 0 N–H and O–H groups in total. The predicted octanol–water partition coefficient (Wildman–Crippen LogP) is 2.52. The summed E-state index contributed by atoms with van der Waals surface area (Å²) in [6, 6.07) is 4.46. The Morgan fingerprint density at radius 3 is 3.06 bits per heavy atom. The fraction of sp³-hybridized carbons (Fsp3) is 0.571. The average Bonchev–Trinajstić information content (AvgIpc) is 2.76. The van der Waals surface area contributed by atoms with Gasteiger partial charge in [0, 0.05) is 13.2 Å². The number of rotatable bonds is 2. The molecule has 0 aromatic carbocycles. The maximum absolute atomic E-state index is 4.79. The Balaban J connectivity index is 2.04. The minimum Gasteiger partial charge on any atom is -0.315 e. The molecule has 0 radical (unpaired) electrons. The van der Waals surface area contributed by atoms with Crippen molar-refractivity contribution in [3.05, 3.63) is 24.2 Å². The maximum atomic E-state index is 4.79. The molecule has 0 spiro atoms. The molecule has 1 fully saturated rings. The van der Waals surface area contributed by atoms with Crippen molar-refractivity contribution in [3.8, 4) is 0 Å². The standard InChI is InChI=1S/C14H20N4/c1-3-18-10-5-4-8-12(18)14-16-11-7-6-9-15-13(11)17(14)2/h6-7,9,12H,3-5,8,10H2,1-2H3. The molecule has 3 heterocycles. The van der Waals surface area contributed by atoms with Crippen molar-refractivity contribution in [2.24, 2.45) is 7.05 Å². The van der Waals surface area contributed by atoms with E-state index in [2.05, 4.69) is 28.4 Å². The van der Waals surface area contributed by atoms with E-state index in [-0.39, 0.29) is 0 Å². The van der Waals surface area contributed by atoms with E-state index in [1.165, 1.54) is 31.6 Å². The van der Waals surface area contributed by atoms with Gasteiger partial charge in [-0.2, -0.15) is 0 Å². The Bertz CT molecular complexity index is 546. The first-order valence-electron chi connectivity index (χ1n) is 6.82. The van der Waals surface area contributed by atoms with Gasteiger partial charge in [0.15, 0.2) is 5.65 Å². The Morgan fingerprint density at radius 2 is 2.28 bits per heavy atom. The highest BCUT2D eigenvalue weighted by atomic mass is 15.2. The maximum Gasteiger partial charge on any atom is 0.159 e. The third-order valence-electron chi connectivity index (χ3n) is 3.98. The molecule has 2 aromatic heterocycles. The molecule has 2 aromatic rings. The predicted molar refractivity (Wildman–Crippen MR) is 72.3 cm³/mol. The number of piperidine rings is 1. The van der Waals surface area contributed by atoms with E-state index in [9.17, 15) is 0 Å². The Labute approximate surface area is 108 Å². The van der Waals surface area contributed by atoms with Crippen molar-refractivity contribution in [2.75, 3.05) is 13.1 Å². The third-order valence-corrected chi connectivity index (χ3v) is 3.98. The number of imidazole rings is 1. The third kappa shape index (κ3) is 1.81. The molecule has 4 nitrogen and oxygen atoms in total. The molecule has 0 bridgehead atoms. The lowest BCUT2D eigenvalue weighted by Crippen LogP contribution is -2.34. The van der Waals surface area contributed by atoms with Crippen LogP contribution in [0.15, 0.2) is 18.3 Å². The van der Waals surface area contributed by atoms with Crippen molar-refractivity contribution in [1.29, 1.82) is 0 Å². The zero-order valence-electron chi connectivity index (χ0n) is 11.1. The second-order valence-corrected chi connectivity index (χ2v) is 5.02. The van der Waals surface area contributed by atoms with E-state index in [1.54, 1.807) is 0 Å². The molecule has 1 aliphatic rings. The van der Waals surface area contributed by atoms with Gasteiger partial charge >= 0.3 is 0 Å². The van der Waals surface area contributed by atoms with Gasteiger partial charge in [0.2, 0.25) is 0 Å². The van der Waals surface area contributed by atoms with Gasteiger partial charge in [-0.1, -0.05) is 13.3 Å². The number of aromatic nitrogens is 3. The molecule has 1 aliphatic heterocycles. The van der Waals surface area contributed by atoms with Crippen molar-refractivity contribution in [3.63, 3.8) is 0 Å². The lowest BCUT2D eigenvalue weighted by molar-refractivity contribution is 0.148. The van der Waals surface area contributed by atoms with E-state index in [0.717, 1.165) is 17.7 Å². The molecule has 0 saturated carbocycles. The van der Waals surface area contributed by atoms with Crippen molar-refractivity contribution in [1.82, 2.24) is 19.4 Å². The molecule has 1 saturated heterocycles. The molecule has 1 unspecified atom stereocenters. The summed E-state index contributed by atoms with van der Waals surface area (Å²) in [4.78, 5) is 11.8. The molecule has 0 aliphatic carbocycles. The van der Waals surface area contributed by atoms with Gasteiger partial charge in [0.25, 0.3) is 0 Å². The summed E-state index contributed by atoms with van der Waals surface area (Å²) in [5.74, 6) is 1.17. The highest BCUT2D eigenvalue weighted by Crippen LogP contribution is 2.30. The van der Waals surface area contributed by atoms with Gasteiger partial charge in [0.1, 0.15) is 11.3 Å². The monoisotopic (exact) mass is 244 g/mol. The Hall–Kier alpha value is -1.42. The first kappa shape index (κ1) is 11.7. The van der Waals surface area contributed by atoms with Crippen LogP contribution in [0.25, 0.3) is 11.2 Å². The van der Waals surface area contributed by atoms with Crippen LogP contribution in [0, 0.1) is 0 Å². The summed E-state index contributed by atoms with van der Waals surface area (Å²) in [5.41, 5.74) is 2.01. The number of nitrogens with zero attached hydrogens (tertiary/aromatic N) is 4. The SMILES string of the molecule is CCN1CCCCC1c1nc2cccnc2n1C. The second kappa shape index (κ2) is 4.69. The van der Waals surface area contributed by atoms with Crippen molar-refractivity contribution in [2.45, 2.75) is 32.2 Å². The first-order chi connectivity index (χ1) is 8.81. The lowest BCUT2D eigenvalue weighted by atomic mass is 10.0. The van der Waals surface area contributed by atoms with Gasteiger partial charge in [-0.05, 0) is 38.1 Å². The van der Waals surface area contributed by atoms with Gasteiger partial charge in [0.05, 0.1) is 6.04 Å². The second-order valence-electron chi connectivity index (χ2n) is 5.02. The van der Waals surface area contributed by atoms with E-state index in [4.69, 9.17) is 4.98 Å². The topological polar surface area (TPSA) is 34.0 Å². The fourth-order valence-corrected chi connectivity index (χ4v) is 3.00. The fourth-order valence-electron chi connectivity index (χ4n) is 3.00. The number of fused-ring (bicyclic) bond motifs is 1. The van der Waals surface area contributed by atoms with Crippen LogP contribution in [-0.4, -0.2) is 32.5 Å². The van der Waals surface area contributed by atoms with Crippen LogP contribution < -0.4 is 0 Å². The van der Waals surface area contributed by atoms with Crippen LogP contribution in [0.1, 0.15) is 38.1 Å². The average molecular weight is 244 g/mol. The van der Waals surface area contributed by atoms with E-state index in [1.807, 2.05) is 18.3 Å². The van der Waals surface area contributed by atoms with Crippen LogP contribution in [0.5, 0.6) is 0 Å². The summed E-state index contributed by atoms with van der Waals surface area (Å²) in [5, 5.41) is 0. The molecule has 4 heteroatoms. The van der Waals surface area contributed by atoms with E-state index < -0.39 is 0 Å². The molecule has 96 valence electrons. The normalized spacial score (nSPS) is 21.6. The molecule has 3 rings (SSSR count). The van der Waals surface area contributed by atoms with Gasteiger partial charge in [-0.25, -0.2) is 9.97 Å². The van der Waals surface area contributed by atoms with Gasteiger partial charge in [-0.15, -0.1) is 0 Å². The van der Waals surface area contributed by atoms with Crippen molar-refractivity contribution < 1.29 is 0 Å². The molecule has 0 amide bonds. The first-order valence-corrected chi connectivity index (χ1v) is 6.82. The molecule has 1 atom stereocenters. The number of likely N-dealkylation sites (tertiary alicyclic amines) is 1. The Morgan fingerprint density at radius 1 is 1.39 bits per heavy atom. The van der Waals surface area contributed by atoms with Crippen LogP contribution in [-0.2, 0) is 7.05 Å². The van der Waals surface area contributed by atoms with Crippen LogP contribution in [0.3, 0.4) is 0 Å². The number of hydrogen-bond donors (Lipinski definition) is 0. The Kier molecular flexibility index (Phi) is 3.04. The van der Waals surface area contributed by atoms with Crippen LogP contribution >= 0.6 is 0 Å². The van der Waals surface area contributed by atoms with Gasteiger partial charge < -0.3 is 4.57 Å². The number of aryl methyl sites for hydroxylation is 1. The summed E-state index contributed by atoms with van der Waals surface area (Å²) in [6.07, 6.45) is 5.67. The highest BCUT2D eigenvalue weighted by Gasteiger charge is 2.26. The van der Waals surface area contributed by atoms with Gasteiger partial charge in [-0.3, -0.25) is 4.90 Å². The van der Waals surface area contributed by atoms with Crippen molar-refractivity contribution >= 4 is 11.2 Å². The quantitative estimate of drug-likeness (QED) is 0.814. The number of hydrogen-bond acceptors (Lipinski definition) is 3. The van der Waals surface area contributed by atoms with Crippen LogP contribution in [0.4, 0.5) is 0 Å². The molecular formula is C14H20N4. The zero-order chi connectivity index (χ0) is 12.5. The highest BCUT2D eigenvalue weighted by molar-refractivity contribution is 5.71. The summed E-state index contributed by atoms with van der Waals surface area (Å²) >= 11 is 0. The van der Waals surface area contributed by atoms with Crippen LogP contribution in [0.2, 0.25) is 0 Å². The van der Waals surface area contributed by atoms with E-state index in [0.29, 0.717) is 6.04 Å². The summed E-state index contributed by atoms with van der Waals surface area (Å²) in [6.45, 7) is 4.53. The summed E-state index contributed by atoms with van der Waals surface area (Å²) < 4.78 is 2.16. The summed E-state index contributed by atoms with van der Waals surface area (Å²) in [7, 11) is 2.08. The zero-order valence-corrected chi connectivity index (χ0v) is 11.1. The number of pyridine rings is 1. The molecular weight excluding hydrogens is 224 g/mol. The minimum atomic E-state index is 0.461.